The summed E-state index contributed by atoms with van der Waals surface area (Å²) in [7, 11) is 1.49. The van der Waals surface area contributed by atoms with Crippen molar-refractivity contribution in [2.75, 3.05) is 11.9 Å². The van der Waals surface area contributed by atoms with Crippen LogP contribution >= 0.6 is 0 Å². The fraction of sp³-hybridized carbons (Fsp3) is 0.133. The summed E-state index contributed by atoms with van der Waals surface area (Å²) >= 11 is 0. The van der Waals surface area contributed by atoms with Gasteiger partial charge in [-0.15, -0.1) is 0 Å². The number of nitrogens with zero attached hydrogens (tertiary/aromatic N) is 2. The van der Waals surface area contributed by atoms with Crippen LogP contribution in [-0.4, -0.2) is 7.05 Å². The van der Waals surface area contributed by atoms with E-state index in [1.54, 1.807) is 12.1 Å². The third kappa shape index (κ3) is 2.97. The average Bonchev–Trinajstić information content (AvgIpc) is 2.45. The fourth-order valence-electron chi connectivity index (χ4n) is 1.95. The number of hydrogen-bond acceptors (Lipinski definition) is 2. The standard InChI is InChI=1S/C15H10F4N2/c1-21(14-5-3-2-4-12(14)16)13-7-6-11(15(17,18)19)8-10(13)9-20/h2-8H,1H3. The fourth-order valence-corrected chi connectivity index (χ4v) is 1.95. The van der Waals surface area contributed by atoms with Crippen LogP contribution in [0.2, 0.25) is 0 Å². The first-order valence-electron chi connectivity index (χ1n) is 5.94. The van der Waals surface area contributed by atoms with Crippen LogP contribution in [0.3, 0.4) is 0 Å². The first-order chi connectivity index (χ1) is 9.84. The molecule has 108 valence electrons. The zero-order valence-corrected chi connectivity index (χ0v) is 10.9. The van der Waals surface area contributed by atoms with Crippen molar-refractivity contribution in [2.45, 2.75) is 6.18 Å². The van der Waals surface area contributed by atoms with E-state index in [9.17, 15) is 17.6 Å². The lowest BCUT2D eigenvalue weighted by atomic mass is 10.1. The summed E-state index contributed by atoms with van der Waals surface area (Å²) in [5.41, 5.74) is -0.704. The van der Waals surface area contributed by atoms with Crippen LogP contribution in [0.1, 0.15) is 11.1 Å². The van der Waals surface area contributed by atoms with Crippen LogP contribution < -0.4 is 4.90 Å². The minimum atomic E-state index is -4.53. The lowest BCUT2D eigenvalue weighted by molar-refractivity contribution is -0.137. The highest BCUT2D eigenvalue weighted by Crippen LogP contribution is 2.34. The van der Waals surface area contributed by atoms with Gasteiger partial charge in [0.2, 0.25) is 0 Å². The summed E-state index contributed by atoms with van der Waals surface area (Å²) in [5.74, 6) is -0.524. The highest BCUT2D eigenvalue weighted by Gasteiger charge is 2.31. The number of halogens is 4. The highest BCUT2D eigenvalue weighted by atomic mass is 19.4. The number of hydrogen-bond donors (Lipinski definition) is 0. The van der Waals surface area contributed by atoms with Gasteiger partial charge in [-0.1, -0.05) is 12.1 Å². The number of anilines is 2. The molecule has 0 saturated heterocycles. The van der Waals surface area contributed by atoms with Gasteiger partial charge in [-0.25, -0.2) is 4.39 Å². The van der Waals surface area contributed by atoms with E-state index < -0.39 is 17.6 Å². The SMILES string of the molecule is CN(c1ccccc1F)c1ccc(C(F)(F)F)cc1C#N. The van der Waals surface area contributed by atoms with Crippen molar-refractivity contribution in [1.29, 1.82) is 5.26 Å². The smallest absolute Gasteiger partial charge is 0.341 e. The van der Waals surface area contributed by atoms with E-state index in [4.69, 9.17) is 5.26 Å². The van der Waals surface area contributed by atoms with Crippen LogP contribution in [-0.2, 0) is 6.18 Å². The van der Waals surface area contributed by atoms with Gasteiger partial charge in [0, 0.05) is 7.05 Å². The van der Waals surface area contributed by atoms with Crippen LogP contribution in [0.4, 0.5) is 28.9 Å². The second-order valence-electron chi connectivity index (χ2n) is 4.35. The maximum Gasteiger partial charge on any atom is 0.416 e. The first kappa shape index (κ1) is 14.9. The maximum atomic E-state index is 13.7. The highest BCUT2D eigenvalue weighted by molar-refractivity contribution is 5.69. The maximum absolute atomic E-state index is 13.7. The summed E-state index contributed by atoms with van der Waals surface area (Å²) in [6.07, 6.45) is -4.53. The second-order valence-corrected chi connectivity index (χ2v) is 4.35. The predicted molar refractivity (Wildman–Crippen MR) is 70.6 cm³/mol. The molecule has 2 nitrogen and oxygen atoms in total. The van der Waals surface area contributed by atoms with Crippen LogP contribution in [0.15, 0.2) is 42.5 Å². The lowest BCUT2D eigenvalue weighted by Crippen LogP contribution is -2.14. The second kappa shape index (κ2) is 5.44. The number of alkyl halides is 3. The Balaban J connectivity index is 2.50. The monoisotopic (exact) mass is 294 g/mol. The van der Waals surface area contributed by atoms with E-state index in [0.29, 0.717) is 0 Å². The molecule has 0 aliphatic carbocycles. The van der Waals surface area contributed by atoms with E-state index in [0.717, 1.165) is 18.2 Å². The minimum absolute atomic E-state index is 0.171. The van der Waals surface area contributed by atoms with Gasteiger partial charge in [-0.05, 0) is 30.3 Å². The Morgan fingerprint density at radius 2 is 1.71 bits per heavy atom. The largest absolute Gasteiger partial charge is 0.416 e. The average molecular weight is 294 g/mol. The Morgan fingerprint density at radius 1 is 1.05 bits per heavy atom. The van der Waals surface area contributed by atoms with Crippen LogP contribution in [0.25, 0.3) is 0 Å². The topological polar surface area (TPSA) is 27.0 Å². The van der Waals surface area contributed by atoms with E-state index in [1.165, 1.54) is 30.1 Å². The van der Waals surface area contributed by atoms with Crippen LogP contribution in [0.5, 0.6) is 0 Å². The molecule has 2 rings (SSSR count). The molecule has 0 unspecified atom stereocenters. The van der Waals surface area contributed by atoms with Crippen molar-refractivity contribution in [3.8, 4) is 6.07 Å². The third-order valence-corrected chi connectivity index (χ3v) is 3.02. The Labute approximate surface area is 118 Å². The van der Waals surface area contributed by atoms with Gasteiger partial charge in [-0.3, -0.25) is 0 Å². The Morgan fingerprint density at radius 3 is 2.29 bits per heavy atom. The van der Waals surface area contributed by atoms with Gasteiger partial charge in [0.15, 0.2) is 0 Å². The summed E-state index contributed by atoms with van der Waals surface area (Å²) in [6, 6.07) is 10.3. The molecule has 2 aromatic rings. The van der Waals surface area contributed by atoms with E-state index in [2.05, 4.69) is 0 Å². The number of benzene rings is 2. The molecule has 21 heavy (non-hydrogen) atoms. The Bertz CT molecular complexity index is 702. The van der Waals surface area contributed by atoms with Gasteiger partial charge in [0.25, 0.3) is 0 Å². The normalized spacial score (nSPS) is 11.0. The third-order valence-electron chi connectivity index (χ3n) is 3.02. The quantitative estimate of drug-likeness (QED) is 0.763. The van der Waals surface area contributed by atoms with Gasteiger partial charge in [0.1, 0.15) is 11.9 Å². The first-order valence-corrected chi connectivity index (χ1v) is 5.94. The van der Waals surface area contributed by atoms with Crippen molar-refractivity contribution >= 4 is 11.4 Å². The molecule has 0 aromatic heterocycles. The van der Waals surface area contributed by atoms with Crippen molar-refractivity contribution in [3.63, 3.8) is 0 Å². The Hall–Kier alpha value is -2.55. The van der Waals surface area contributed by atoms with Crippen LogP contribution in [0, 0.1) is 17.1 Å². The van der Waals surface area contributed by atoms with Crippen molar-refractivity contribution in [2.24, 2.45) is 0 Å². The predicted octanol–water partition coefficient (Wildman–Crippen LogP) is 4.48. The van der Waals surface area contributed by atoms with E-state index >= 15 is 0 Å². The summed E-state index contributed by atoms with van der Waals surface area (Å²) in [5, 5.41) is 9.04. The molecule has 0 saturated carbocycles. The summed E-state index contributed by atoms with van der Waals surface area (Å²) in [6.45, 7) is 0. The molecular weight excluding hydrogens is 284 g/mol. The molecule has 0 spiro atoms. The zero-order chi connectivity index (χ0) is 15.6. The molecule has 0 atom stereocenters. The molecule has 0 aliphatic heterocycles. The lowest BCUT2D eigenvalue weighted by Gasteiger charge is -2.22. The van der Waals surface area contributed by atoms with E-state index in [1.807, 2.05) is 0 Å². The van der Waals surface area contributed by atoms with Gasteiger partial charge < -0.3 is 4.90 Å². The molecular formula is C15H10F4N2. The zero-order valence-electron chi connectivity index (χ0n) is 10.9. The number of nitriles is 1. The number of para-hydroxylation sites is 1. The van der Waals surface area contributed by atoms with Gasteiger partial charge in [0.05, 0.1) is 22.5 Å². The molecule has 0 N–H and O–H groups in total. The molecule has 0 amide bonds. The summed E-state index contributed by atoms with van der Waals surface area (Å²) in [4.78, 5) is 1.34. The molecule has 6 heteroatoms. The van der Waals surface area contributed by atoms with Crippen molar-refractivity contribution < 1.29 is 17.6 Å². The van der Waals surface area contributed by atoms with Gasteiger partial charge >= 0.3 is 6.18 Å². The molecule has 0 bridgehead atoms. The molecule has 0 radical (unpaired) electrons. The Kier molecular flexibility index (Phi) is 3.85. The molecule has 2 aromatic carbocycles. The molecule has 0 fully saturated rings. The van der Waals surface area contributed by atoms with Crippen molar-refractivity contribution in [1.82, 2.24) is 0 Å². The number of rotatable bonds is 2. The van der Waals surface area contributed by atoms with E-state index in [-0.39, 0.29) is 16.9 Å². The minimum Gasteiger partial charge on any atom is -0.341 e. The molecule has 0 aliphatic rings. The summed E-state index contributed by atoms with van der Waals surface area (Å²) < 4.78 is 51.6. The van der Waals surface area contributed by atoms with Gasteiger partial charge in [-0.2, -0.15) is 18.4 Å². The molecule has 0 heterocycles. The van der Waals surface area contributed by atoms with Crippen molar-refractivity contribution in [3.05, 3.63) is 59.4 Å².